The molecule has 21 heavy (non-hydrogen) atoms. The van der Waals surface area contributed by atoms with Crippen molar-refractivity contribution in [1.29, 1.82) is 0 Å². The number of amides is 1. The monoisotopic (exact) mass is 313 g/mol. The molecule has 0 saturated carbocycles. The van der Waals surface area contributed by atoms with Crippen LogP contribution in [0.25, 0.3) is 0 Å². The number of piperazine rings is 1. The molecular weight excluding hydrogens is 294 g/mol. The summed E-state index contributed by atoms with van der Waals surface area (Å²) in [6.07, 6.45) is 1.20. The summed E-state index contributed by atoms with van der Waals surface area (Å²) in [4.78, 5) is 23.6. The molecule has 1 amide bonds. The Kier molecular flexibility index (Phi) is 4.41. The van der Waals surface area contributed by atoms with Gasteiger partial charge in [0.2, 0.25) is 5.28 Å². The van der Waals surface area contributed by atoms with Gasteiger partial charge in [0.1, 0.15) is 5.60 Å². The van der Waals surface area contributed by atoms with Crippen LogP contribution in [0, 0.1) is 0 Å². The van der Waals surface area contributed by atoms with Gasteiger partial charge in [0, 0.05) is 26.2 Å². The number of nitrogen functional groups attached to an aromatic ring is 1. The van der Waals surface area contributed by atoms with E-state index in [1.165, 1.54) is 6.20 Å². The molecule has 0 aliphatic carbocycles. The predicted molar refractivity (Wildman–Crippen MR) is 81.5 cm³/mol. The van der Waals surface area contributed by atoms with Gasteiger partial charge in [-0.05, 0) is 32.4 Å². The number of aromatic nitrogens is 2. The van der Waals surface area contributed by atoms with Crippen molar-refractivity contribution in [2.75, 3.05) is 36.8 Å². The quantitative estimate of drug-likeness (QED) is 0.795. The van der Waals surface area contributed by atoms with E-state index >= 15 is 0 Å². The van der Waals surface area contributed by atoms with Crippen molar-refractivity contribution in [3.05, 3.63) is 11.5 Å². The molecule has 1 aromatic heterocycles. The summed E-state index contributed by atoms with van der Waals surface area (Å²) in [6.45, 7) is 7.90. The Bertz CT molecular complexity index is 524. The minimum atomic E-state index is -0.487. The molecule has 0 atom stereocenters. The molecule has 8 heteroatoms. The van der Waals surface area contributed by atoms with Gasteiger partial charge < -0.3 is 20.3 Å². The molecule has 116 valence electrons. The van der Waals surface area contributed by atoms with E-state index in [2.05, 4.69) is 9.97 Å². The SMILES string of the molecule is CC(C)(C)OC(=O)N1CCN(c2nc(Cl)ncc2N)CC1. The number of carbonyl (C=O) groups is 1. The second-order valence-corrected chi connectivity index (χ2v) is 6.21. The van der Waals surface area contributed by atoms with E-state index in [1.807, 2.05) is 25.7 Å². The van der Waals surface area contributed by atoms with Gasteiger partial charge in [0.25, 0.3) is 0 Å². The van der Waals surface area contributed by atoms with Gasteiger partial charge >= 0.3 is 6.09 Å². The molecule has 1 aromatic rings. The van der Waals surface area contributed by atoms with Crippen LogP contribution in [-0.2, 0) is 4.74 Å². The van der Waals surface area contributed by atoms with Crippen LogP contribution in [0.1, 0.15) is 20.8 Å². The Hall–Kier alpha value is -1.76. The van der Waals surface area contributed by atoms with Gasteiger partial charge in [0.05, 0.1) is 11.9 Å². The van der Waals surface area contributed by atoms with Crippen molar-refractivity contribution in [3.63, 3.8) is 0 Å². The molecule has 0 radical (unpaired) electrons. The summed E-state index contributed by atoms with van der Waals surface area (Å²) in [7, 11) is 0. The number of rotatable bonds is 1. The zero-order valence-electron chi connectivity index (χ0n) is 12.5. The summed E-state index contributed by atoms with van der Waals surface area (Å²) >= 11 is 5.80. The number of anilines is 2. The lowest BCUT2D eigenvalue weighted by Gasteiger charge is -2.36. The van der Waals surface area contributed by atoms with Crippen molar-refractivity contribution in [2.45, 2.75) is 26.4 Å². The number of carbonyl (C=O) groups excluding carboxylic acids is 1. The van der Waals surface area contributed by atoms with E-state index in [0.717, 1.165) is 0 Å². The molecule has 1 aliphatic rings. The largest absolute Gasteiger partial charge is 0.444 e. The number of nitrogens with zero attached hydrogens (tertiary/aromatic N) is 4. The van der Waals surface area contributed by atoms with Crippen LogP contribution < -0.4 is 10.6 Å². The number of halogens is 1. The van der Waals surface area contributed by atoms with Crippen molar-refractivity contribution >= 4 is 29.2 Å². The normalized spacial score (nSPS) is 16.0. The highest BCUT2D eigenvalue weighted by Gasteiger charge is 2.27. The zero-order chi connectivity index (χ0) is 15.6. The fourth-order valence-corrected chi connectivity index (χ4v) is 2.17. The highest BCUT2D eigenvalue weighted by atomic mass is 35.5. The lowest BCUT2D eigenvalue weighted by Crippen LogP contribution is -2.50. The molecule has 1 saturated heterocycles. The molecule has 2 N–H and O–H groups in total. The second-order valence-electron chi connectivity index (χ2n) is 5.87. The lowest BCUT2D eigenvalue weighted by molar-refractivity contribution is 0.0240. The van der Waals surface area contributed by atoms with Gasteiger partial charge in [-0.3, -0.25) is 0 Å². The third kappa shape index (κ3) is 4.10. The van der Waals surface area contributed by atoms with Crippen LogP contribution in [0.5, 0.6) is 0 Å². The lowest BCUT2D eigenvalue weighted by atomic mass is 10.2. The zero-order valence-corrected chi connectivity index (χ0v) is 13.2. The first-order valence-electron chi connectivity index (χ1n) is 6.77. The van der Waals surface area contributed by atoms with E-state index in [0.29, 0.717) is 37.7 Å². The summed E-state index contributed by atoms with van der Waals surface area (Å²) in [5.74, 6) is 0.610. The second kappa shape index (κ2) is 5.93. The van der Waals surface area contributed by atoms with Gasteiger partial charge in [-0.1, -0.05) is 0 Å². The van der Waals surface area contributed by atoms with Crippen molar-refractivity contribution < 1.29 is 9.53 Å². The highest BCUT2D eigenvalue weighted by Crippen LogP contribution is 2.22. The molecule has 0 unspecified atom stereocenters. The Morgan fingerprint density at radius 1 is 1.33 bits per heavy atom. The molecule has 0 spiro atoms. The van der Waals surface area contributed by atoms with E-state index in [9.17, 15) is 4.79 Å². The number of hydrogen-bond acceptors (Lipinski definition) is 6. The summed E-state index contributed by atoms with van der Waals surface area (Å²) in [6, 6.07) is 0. The molecule has 2 rings (SSSR count). The van der Waals surface area contributed by atoms with Crippen molar-refractivity contribution in [2.24, 2.45) is 0 Å². The van der Waals surface area contributed by atoms with Gasteiger partial charge in [-0.25, -0.2) is 9.78 Å². The average Bonchev–Trinajstić information content (AvgIpc) is 2.40. The summed E-state index contributed by atoms with van der Waals surface area (Å²) in [5, 5.41) is 0.161. The van der Waals surface area contributed by atoms with Crippen LogP contribution in [0.15, 0.2) is 6.20 Å². The van der Waals surface area contributed by atoms with Crippen LogP contribution in [-0.4, -0.2) is 52.7 Å². The molecule has 0 aromatic carbocycles. The Morgan fingerprint density at radius 2 is 1.95 bits per heavy atom. The third-order valence-electron chi connectivity index (χ3n) is 3.00. The Balaban J connectivity index is 1.97. The fraction of sp³-hybridized carbons (Fsp3) is 0.615. The topological polar surface area (TPSA) is 84.6 Å². The van der Waals surface area contributed by atoms with E-state index in [4.69, 9.17) is 22.1 Å². The average molecular weight is 314 g/mol. The van der Waals surface area contributed by atoms with E-state index < -0.39 is 5.60 Å². The third-order valence-corrected chi connectivity index (χ3v) is 3.18. The first-order valence-corrected chi connectivity index (χ1v) is 7.15. The van der Waals surface area contributed by atoms with Crippen molar-refractivity contribution in [3.8, 4) is 0 Å². The Morgan fingerprint density at radius 3 is 2.52 bits per heavy atom. The predicted octanol–water partition coefficient (Wildman–Crippen LogP) is 1.77. The maximum absolute atomic E-state index is 12.0. The van der Waals surface area contributed by atoms with Crippen LogP contribution >= 0.6 is 11.6 Å². The first-order chi connectivity index (χ1) is 9.76. The maximum atomic E-state index is 12.0. The molecule has 1 fully saturated rings. The standard InChI is InChI=1S/C13H20ClN5O2/c1-13(2,3)21-12(20)19-6-4-18(5-7-19)10-9(15)8-16-11(14)17-10/h8H,4-7,15H2,1-3H3. The van der Waals surface area contributed by atoms with Crippen LogP contribution in [0.3, 0.4) is 0 Å². The minimum absolute atomic E-state index is 0.161. The fourth-order valence-electron chi connectivity index (χ4n) is 2.04. The van der Waals surface area contributed by atoms with E-state index in [-0.39, 0.29) is 11.4 Å². The van der Waals surface area contributed by atoms with Gasteiger partial charge in [0.15, 0.2) is 5.82 Å². The van der Waals surface area contributed by atoms with Gasteiger partial charge in [-0.15, -0.1) is 0 Å². The maximum Gasteiger partial charge on any atom is 0.410 e. The molecule has 2 heterocycles. The summed E-state index contributed by atoms with van der Waals surface area (Å²) < 4.78 is 5.36. The van der Waals surface area contributed by atoms with Crippen LogP contribution in [0.2, 0.25) is 5.28 Å². The molecule has 1 aliphatic heterocycles. The number of ether oxygens (including phenoxy) is 1. The first kappa shape index (κ1) is 15.6. The van der Waals surface area contributed by atoms with Crippen molar-refractivity contribution in [1.82, 2.24) is 14.9 Å². The van der Waals surface area contributed by atoms with Gasteiger partial charge in [-0.2, -0.15) is 4.98 Å². The van der Waals surface area contributed by atoms with Crippen LogP contribution in [0.4, 0.5) is 16.3 Å². The highest BCUT2D eigenvalue weighted by molar-refractivity contribution is 6.28. The summed E-state index contributed by atoms with van der Waals surface area (Å²) in [5.41, 5.74) is 5.86. The number of nitrogens with two attached hydrogens (primary N) is 1. The minimum Gasteiger partial charge on any atom is -0.444 e. The molecular formula is C13H20ClN5O2. The molecule has 7 nitrogen and oxygen atoms in total. The van der Waals surface area contributed by atoms with E-state index in [1.54, 1.807) is 4.90 Å². The Labute approximate surface area is 129 Å². The number of hydrogen-bond donors (Lipinski definition) is 1. The smallest absolute Gasteiger partial charge is 0.410 e. The molecule has 0 bridgehead atoms.